The minimum Gasteiger partial charge on any atom is -0.468 e. The zero-order valence-corrected chi connectivity index (χ0v) is 15.0. The number of esters is 1. The summed E-state index contributed by atoms with van der Waals surface area (Å²) in [5.74, 6) is -0.495. The number of aromatic nitrogens is 1. The lowest BCUT2D eigenvalue weighted by Crippen LogP contribution is -2.38. The first-order valence-corrected chi connectivity index (χ1v) is 8.66. The van der Waals surface area contributed by atoms with Gasteiger partial charge in [0.1, 0.15) is 11.7 Å². The van der Waals surface area contributed by atoms with Gasteiger partial charge in [0.05, 0.1) is 7.11 Å². The highest BCUT2D eigenvalue weighted by atomic mass is 16.5. The molecule has 0 radical (unpaired) electrons. The van der Waals surface area contributed by atoms with E-state index in [1.54, 1.807) is 24.4 Å². The highest BCUT2D eigenvalue weighted by Gasteiger charge is 2.38. The highest BCUT2D eigenvalue weighted by Crippen LogP contribution is 2.23. The number of carbonyl (C=O) groups is 2. The highest BCUT2D eigenvalue weighted by molar-refractivity contribution is 5.92. The van der Waals surface area contributed by atoms with E-state index in [0.29, 0.717) is 25.2 Å². The quantitative estimate of drug-likeness (QED) is 0.832. The number of carbonyl (C=O) groups excluding carboxylic acids is 2. The van der Waals surface area contributed by atoms with Crippen LogP contribution in [0.25, 0.3) is 0 Å². The first-order valence-electron chi connectivity index (χ1n) is 8.66. The number of hydrogen-bond donors (Lipinski definition) is 1. The second-order valence-electron chi connectivity index (χ2n) is 6.52. The summed E-state index contributed by atoms with van der Waals surface area (Å²) in [6.07, 6.45) is 2.11. The average Bonchev–Trinajstić information content (AvgIpc) is 3.06. The number of pyridine rings is 1. The Morgan fingerprint density at radius 1 is 1.23 bits per heavy atom. The zero-order chi connectivity index (χ0) is 18.5. The lowest BCUT2D eigenvalue weighted by molar-refractivity contribution is -0.146. The maximum Gasteiger partial charge on any atom is 0.323 e. The summed E-state index contributed by atoms with van der Waals surface area (Å²) in [6, 6.07) is 12.8. The van der Waals surface area contributed by atoms with E-state index in [4.69, 9.17) is 4.74 Å². The van der Waals surface area contributed by atoms with Crippen LogP contribution in [0.3, 0.4) is 0 Å². The van der Waals surface area contributed by atoms with Gasteiger partial charge in [0.15, 0.2) is 0 Å². The number of amides is 1. The average molecular weight is 353 g/mol. The number of methoxy groups -OCH3 is 1. The van der Waals surface area contributed by atoms with E-state index in [9.17, 15) is 9.59 Å². The number of rotatable bonds is 5. The molecular weight excluding hydrogens is 330 g/mol. The van der Waals surface area contributed by atoms with Gasteiger partial charge in [-0.05, 0) is 36.6 Å². The normalized spacial score (nSPS) is 19.9. The molecule has 2 atom stereocenters. The molecule has 1 aromatic heterocycles. The first-order chi connectivity index (χ1) is 12.6. The molecule has 6 nitrogen and oxygen atoms in total. The van der Waals surface area contributed by atoms with Crippen molar-refractivity contribution in [2.75, 3.05) is 13.7 Å². The summed E-state index contributed by atoms with van der Waals surface area (Å²) >= 11 is 0. The first kappa shape index (κ1) is 18.1. The fourth-order valence-corrected chi connectivity index (χ4v) is 3.33. The molecule has 136 valence electrons. The number of benzene rings is 1. The van der Waals surface area contributed by atoms with Crippen molar-refractivity contribution in [3.05, 3.63) is 65.5 Å². The molecule has 6 heteroatoms. The lowest BCUT2D eigenvalue weighted by atomic mass is 10.1. The van der Waals surface area contributed by atoms with Crippen molar-refractivity contribution in [3.8, 4) is 0 Å². The molecule has 0 aliphatic carbocycles. The van der Waals surface area contributed by atoms with Crippen LogP contribution in [-0.2, 0) is 16.1 Å². The molecule has 1 aromatic carbocycles. The minimum atomic E-state index is -0.367. The molecule has 0 spiro atoms. The summed E-state index contributed by atoms with van der Waals surface area (Å²) in [7, 11) is 1.40. The number of ether oxygens (including phenoxy) is 1. The molecule has 1 aliphatic heterocycles. The summed E-state index contributed by atoms with van der Waals surface area (Å²) in [4.78, 5) is 30.7. The van der Waals surface area contributed by atoms with Crippen LogP contribution < -0.4 is 5.32 Å². The Kier molecular flexibility index (Phi) is 5.63. The third kappa shape index (κ3) is 4.08. The van der Waals surface area contributed by atoms with Gasteiger partial charge in [0.25, 0.3) is 5.91 Å². The molecule has 1 saturated heterocycles. The molecular formula is C20H23N3O3. The van der Waals surface area contributed by atoms with Crippen molar-refractivity contribution < 1.29 is 14.3 Å². The maximum atomic E-state index is 12.4. The fraction of sp³-hybridized carbons (Fsp3) is 0.350. The van der Waals surface area contributed by atoms with Crippen molar-refractivity contribution in [3.63, 3.8) is 0 Å². The van der Waals surface area contributed by atoms with Crippen LogP contribution in [0.15, 0.2) is 48.7 Å². The molecule has 2 heterocycles. The molecule has 2 aromatic rings. The number of likely N-dealkylation sites (tertiary alicyclic amines) is 1. The third-order valence-corrected chi connectivity index (χ3v) is 4.74. The molecule has 1 aliphatic rings. The number of nitrogens with one attached hydrogen (secondary N) is 1. The monoisotopic (exact) mass is 353 g/mol. The Hall–Kier alpha value is -2.73. The van der Waals surface area contributed by atoms with Gasteiger partial charge in [0.2, 0.25) is 0 Å². The largest absolute Gasteiger partial charge is 0.468 e. The predicted molar refractivity (Wildman–Crippen MR) is 97.5 cm³/mol. The van der Waals surface area contributed by atoms with Crippen molar-refractivity contribution in [2.45, 2.75) is 32.0 Å². The molecule has 0 bridgehead atoms. The van der Waals surface area contributed by atoms with Gasteiger partial charge in [-0.2, -0.15) is 0 Å². The van der Waals surface area contributed by atoms with E-state index >= 15 is 0 Å². The van der Waals surface area contributed by atoms with Gasteiger partial charge in [-0.15, -0.1) is 0 Å². The van der Waals surface area contributed by atoms with Crippen molar-refractivity contribution >= 4 is 11.9 Å². The second-order valence-corrected chi connectivity index (χ2v) is 6.52. The van der Waals surface area contributed by atoms with Gasteiger partial charge in [-0.1, -0.05) is 30.3 Å². The van der Waals surface area contributed by atoms with E-state index in [2.05, 4.69) is 34.3 Å². The predicted octanol–water partition coefficient (Wildman–Crippen LogP) is 1.94. The van der Waals surface area contributed by atoms with E-state index in [0.717, 1.165) is 5.56 Å². The second kappa shape index (κ2) is 8.10. The smallest absolute Gasteiger partial charge is 0.323 e. The topological polar surface area (TPSA) is 71.5 Å². The minimum absolute atomic E-state index is 0.127. The van der Waals surface area contributed by atoms with E-state index in [-0.39, 0.29) is 24.0 Å². The fourth-order valence-electron chi connectivity index (χ4n) is 3.33. The Labute approximate surface area is 153 Å². The summed E-state index contributed by atoms with van der Waals surface area (Å²) in [5.41, 5.74) is 2.72. The van der Waals surface area contributed by atoms with E-state index < -0.39 is 0 Å². The van der Waals surface area contributed by atoms with Crippen molar-refractivity contribution in [2.24, 2.45) is 0 Å². The summed E-state index contributed by atoms with van der Waals surface area (Å²) in [5, 5.41) is 2.98. The molecule has 3 rings (SSSR count). The van der Waals surface area contributed by atoms with Crippen LogP contribution >= 0.6 is 0 Å². The third-order valence-electron chi connectivity index (χ3n) is 4.74. The molecule has 1 fully saturated rings. The van der Waals surface area contributed by atoms with Gasteiger partial charge >= 0.3 is 5.97 Å². The van der Waals surface area contributed by atoms with Crippen LogP contribution in [0.4, 0.5) is 0 Å². The Morgan fingerprint density at radius 2 is 2.00 bits per heavy atom. The van der Waals surface area contributed by atoms with Gasteiger partial charge in [-0.3, -0.25) is 19.5 Å². The van der Waals surface area contributed by atoms with E-state index in [1.807, 2.05) is 12.1 Å². The van der Waals surface area contributed by atoms with Gasteiger partial charge < -0.3 is 10.1 Å². The van der Waals surface area contributed by atoms with Crippen LogP contribution in [0.2, 0.25) is 0 Å². The van der Waals surface area contributed by atoms with Gasteiger partial charge in [0, 0.05) is 25.3 Å². The van der Waals surface area contributed by atoms with Crippen LogP contribution in [0.5, 0.6) is 0 Å². The molecule has 0 unspecified atom stereocenters. The number of hydrogen-bond acceptors (Lipinski definition) is 5. The lowest BCUT2D eigenvalue weighted by Gasteiger charge is -2.23. The van der Waals surface area contributed by atoms with Crippen LogP contribution in [0.1, 0.15) is 28.0 Å². The summed E-state index contributed by atoms with van der Waals surface area (Å²) in [6.45, 7) is 3.29. The Balaban J connectivity index is 1.71. The molecule has 1 N–H and O–H groups in total. The number of nitrogens with zero attached hydrogens (tertiary/aromatic N) is 2. The standard InChI is InChI=1S/C20H23N3O3/c1-14-7-3-4-8-15(14)12-23-13-16(11-18(23)20(25)26-2)22-19(24)17-9-5-6-10-21-17/h3-10,16,18H,11-13H2,1-2H3,(H,22,24)/t16-,18+/m1/s1. The SMILES string of the molecule is COC(=O)[C@@H]1C[C@@H](NC(=O)c2ccccn2)CN1Cc1ccccc1C. The van der Waals surface area contributed by atoms with Crippen molar-refractivity contribution in [1.82, 2.24) is 15.2 Å². The Bertz CT molecular complexity index is 779. The number of aryl methyl sites for hydroxylation is 1. The van der Waals surface area contributed by atoms with Crippen LogP contribution in [0, 0.1) is 6.92 Å². The van der Waals surface area contributed by atoms with E-state index in [1.165, 1.54) is 12.7 Å². The van der Waals surface area contributed by atoms with Gasteiger partial charge in [-0.25, -0.2) is 0 Å². The zero-order valence-electron chi connectivity index (χ0n) is 15.0. The molecule has 0 saturated carbocycles. The maximum absolute atomic E-state index is 12.4. The summed E-state index contributed by atoms with van der Waals surface area (Å²) < 4.78 is 4.96. The Morgan fingerprint density at radius 3 is 2.69 bits per heavy atom. The molecule has 26 heavy (non-hydrogen) atoms. The van der Waals surface area contributed by atoms with Crippen LogP contribution in [-0.4, -0.2) is 47.5 Å². The molecule has 1 amide bonds. The van der Waals surface area contributed by atoms with Crippen molar-refractivity contribution in [1.29, 1.82) is 0 Å².